The number of rotatable bonds is 9. The fourth-order valence-corrected chi connectivity index (χ4v) is 2.62. The number of carbonyl (C=O) groups is 1. The van der Waals surface area contributed by atoms with Gasteiger partial charge in [0.15, 0.2) is 5.75 Å². The maximum Gasteiger partial charge on any atom is 0.335 e. The molecule has 4 N–H and O–H groups in total. The predicted octanol–water partition coefficient (Wildman–Crippen LogP) is 3.03. The van der Waals surface area contributed by atoms with Crippen LogP contribution in [0.3, 0.4) is 0 Å². The zero-order valence-corrected chi connectivity index (χ0v) is 16.6. The van der Waals surface area contributed by atoms with Gasteiger partial charge in [-0.3, -0.25) is 4.99 Å². The number of nitrogens with two attached hydrogens (primary N) is 1. The van der Waals surface area contributed by atoms with E-state index in [9.17, 15) is 13.2 Å². The second-order valence-electron chi connectivity index (χ2n) is 5.19. The first-order valence-corrected chi connectivity index (χ1v) is 9.74. The normalized spacial score (nSPS) is 11.1. The van der Waals surface area contributed by atoms with Crippen LogP contribution in [0.4, 0.5) is 5.69 Å². The van der Waals surface area contributed by atoms with E-state index in [-0.39, 0.29) is 16.2 Å². The molecule has 1 rings (SSSR count). The summed E-state index contributed by atoms with van der Waals surface area (Å²) < 4.78 is 28.1. The summed E-state index contributed by atoms with van der Waals surface area (Å²) in [4.78, 5) is 14.4. The number of benzene rings is 1. The number of hydrogen-bond donors (Lipinski definition) is 3. The van der Waals surface area contributed by atoms with Crippen LogP contribution < -0.4 is 15.2 Å². The SMILES string of the molecule is C=CN=C/C=C\C.CCCCNc1cc(C(=O)O)cc(S(N)(=O)=O)c1OC. The standard InChI is InChI=1S/C12H18N2O5S.C6H9N/c1-3-4-5-14-9-6-8(12(15)16)7-10(11(9)19-2)20(13,17)18;1-3-5-6-7-4-2/h6-7,14H,3-5H2,1-2H3,(H,15,16)(H2,13,17,18);3-6H,2H2,1H3/b;5-3-,7-6?. The van der Waals surface area contributed by atoms with Crippen molar-refractivity contribution in [3.63, 3.8) is 0 Å². The molecule has 1 aromatic carbocycles. The van der Waals surface area contributed by atoms with Crippen molar-refractivity contribution in [2.75, 3.05) is 19.0 Å². The smallest absolute Gasteiger partial charge is 0.335 e. The molecule has 9 heteroatoms. The molecule has 1 aromatic rings. The van der Waals surface area contributed by atoms with E-state index in [0.717, 1.165) is 18.9 Å². The van der Waals surface area contributed by atoms with Crippen molar-refractivity contribution in [1.29, 1.82) is 0 Å². The van der Waals surface area contributed by atoms with Gasteiger partial charge in [-0.2, -0.15) is 0 Å². The number of hydrogen-bond acceptors (Lipinski definition) is 6. The quantitative estimate of drug-likeness (QED) is 0.433. The number of allylic oxidation sites excluding steroid dienone is 2. The second-order valence-corrected chi connectivity index (χ2v) is 6.72. The molecule has 0 saturated carbocycles. The Morgan fingerprint density at radius 2 is 2.11 bits per heavy atom. The van der Waals surface area contributed by atoms with Crippen LogP contribution in [0.5, 0.6) is 5.75 Å². The highest BCUT2D eigenvalue weighted by Crippen LogP contribution is 2.33. The second kappa shape index (κ2) is 12.7. The minimum atomic E-state index is -4.08. The van der Waals surface area contributed by atoms with Crippen LogP contribution in [-0.4, -0.2) is 39.4 Å². The third-order valence-corrected chi connectivity index (χ3v) is 4.04. The lowest BCUT2D eigenvalue weighted by Crippen LogP contribution is -2.16. The van der Waals surface area contributed by atoms with Crippen molar-refractivity contribution >= 4 is 27.9 Å². The summed E-state index contributed by atoms with van der Waals surface area (Å²) in [5.41, 5.74) is 0.124. The number of primary sulfonamides is 1. The van der Waals surface area contributed by atoms with Crippen LogP contribution in [0.1, 0.15) is 37.0 Å². The van der Waals surface area contributed by atoms with Gasteiger partial charge in [0.2, 0.25) is 10.0 Å². The van der Waals surface area contributed by atoms with Gasteiger partial charge < -0.3 is 15.2 Å². The van der Waals surface area contributed by atoms with E-state index >= 15 is 0 Å². The first kappa shape index (κ1) is 24.4. The third-order valence-electron chi connectivity index (χ3n) is 3.13. The minimum absolute atomic E-state index is 0.0219. The van der Waals surface area contributed by atoms with Crippen molar-refractivity contribution in [3.05, 3.63) is 42.6 Å². The van der Waals surface area contributed by atoms with Crippen molar-refractivity contribution in [2.45, 2.75) is 31.6 Å². The summed E-state index contributed by atoms with van der Waals surface area (Å²) in [5.74, 6) is -1.22. The number of carboxylic acid groups (broad SMARTS) is 1. The van der Waals surface area contributed by atoms with Gasteiger partial charge in [-0.1, -0.05) is 26.0 Å². The Morgan fingerprint density at radius 3 is 2.56 bits per heavy atom. The molecule has 0 heterocycles. The van der Waals surface area contributed by atoms with Gasteiger partial charge in [0.1, 0.15) is 4.90 Å². The highest BCUT2D eigenvalue weighted by molar-refractivity contribution is 7.89. The van der Waals surface area contributed by atoms with Gasteiger partial charge in [-0.25, -0.2) is 18.4 Å². The zero-order valence-electron chi connectivity index (χ0n) is 15.8. The van der Waals surface area contributed by atoms with Gasteiger partial charge in [0, 0.05) is 19.0 Å². The monoisotopic (exact) mass is 397 g/mol. The fraction of sp³-hybridized carbons (Fsp3) is 0.333. The molecule has 0 aromatic heterocycles. The molecule has 0 saturated heterocycles. The van der Waals surface area contributed by atoms with Crippen LogP contribution in [0.15, 0.2) is 47.0 Å². The fourth-order valence-electron chi connectivity index (χ4n) is 1.88. The van der Waals surface area contributed by atoms with E-state index in [1.807, 2.05) is 26.0 Å². The first-order valence-electron chi connectivity index (χ1n) is 8.20. The van der Waals surface area contributed by atoms with Crippen LogP contribution in [0.25, 0.3) is 0 Å². The lowest BCUT2D eigenvalue weighted by Gasteiger charge is -2.15. The third kappa shape index (κ3) is 9.02. The molecule has 0 bridgehead atoms. The lowest BCUT2D eigenvalue weighted by molar-refractivity contribution is 0.0696. The molecule has 0 amide bonds. The Bertz CT molecular complexity index is 786. The van der Waals surface area contributed by atoms with Crippen LogP contribution in [-0.2, 0) is 10.0 Å². The number of unbranched alkanes of at least 4 members (excludes halogenated alkanes) is 1. The Kier molecular flexibility index (Phi) is 11.4. The van der Waals surface area contributed by atoms with Gasteiger partial charge >= 0.3 is 5.97 Å². The maximum atomic E-state index is 11.5. The Balaban J connectivity index is 0.000000821. The number of anilines is 1. The number of carboxylic acids is 1. The van der Waals surface area contributed by atoms with E-state index < -0.39 is 16.0 Å². The summed E-state index contributed by atoms with van der Waals surface area (Å²) in [7, 11) is -2.78. The molecule has 27 heavy (non-hydrogen) atoms. The van der Waals surface area contributed by atoms with Crippen LogP contribution >= 0.6 is 0 Å². The first-order chi connectivity index (χ1) is 12.7. The summed E-state index contributed by atoms with van der Waals surface area (Å²) in [6, 6.07) is 2.31. The van der Waals surface area contributed by atoms with E-state index in [0.29, 0.717) is 12.2 Å². The molecule has 0 spiro atoms. The topological polar surface area (TPSA) is 131 Å². The van der Waals surface area contributed by atoms with Gasteiger partial charge in [0.25, 0.3) is 0 Å². The largest absolute Gasteiger partial charge is 0.493 e. The number of aliphatic imine (C=N–C) groups is 1. The molecule has 150 valence electrons. The van der Waals surface area contributed by atoms with Crippen molar-refractivity contribution < 1.29 is 23.1 Å². The number of ether oxygens (including phenoxy) is 1. The number of methoxy groups -OCH3 is 1. The summed E-state index contributed by atoms with van der Waals surface area (Å²) in [5, 5.41) is 17.1. The number of sulfonamides is 1. The van der Waals surface area contributed by atoms with Gasteiger partial charge in [0.05, 0.1) is 18.4 Å². The minimum Gasteiger partial charge on any atom is -0.493 e. The lowest BCUT2D eigenvalue weighted by atomic mass is 10.1. The van der Waals surface area contributed by atoms with Gasteiger partial charge in [-0.15, -0.1) is 0 Å². The average Bonchev–Trinajstić information content (AvgIpc) is 2.61. The molecule has 0 unspecified atom stereocenters. The van der Waals surface area contributed by atoms with Crippen molar-refractivity contribution in [3.8, 4) is 5.75 Å². The summed E-state index contributed by atoms with van der Waals surface area (Å²) in [6.07, 6.45) is 8.74. The number of aromatic carboxylic acids is 1. The molecular weight excluding hydrogens is 370 g/mol. The molecule has 0 aliphatic carbocycles. The molecule has 0 aliphatic heterocycles. The molecule has 0 fully saturated rings. The van der Waals surface area contributed by atoms with E-state index in [1.54, 1.807) is 6.21 Å². The average molecular weight is 397 g/mol. The maximum absolute atomic E-state index is 11.5. The Labute approximate surface area is 160 Å². The van der Waals surface area contributed by atoms with Crippen molar-refractivity contribution in [1.82, 2.24) is 0 Å². The molecule has 8 nitrogen and oxygen atoms in total. The highest BCUT2D eigenvalue weighted by Gasteiger charge is 2.22. The van der Waals surface area contributed by atoms with E-state index in [4.69, 9.17) is 15.0 Å². The molecular formula is C18H27N3O5S. The summed E-state index contributed by atoms with van der Waals surface area (Å²) >= 11 is 0. The molecule has 0 aliphatic rings. The molecule has 0 radical (unpaired) electrons. The van der Waals surface area contributed by atoms with Crippen LogP contribution in [0, 0.1) is 0 Å². The zero-order chi connectivity index (χ0) is 20.9. The molecule has 0 atom stereocenters. The van der Waals surface area contributed by atoms with Gasteiger partial charge in [-0.05, 0) is 31.6 Å². The van der Waals surface area contributed by atoms with Crippen molar-refractivity contribution in [2.24, 2.45) is 10.1 Å². The predicted molar refractivity (Wildman–Crippen MR) is 108 cm³/mol. The number of nitrogens with one attached hydrogen (secondary N) is 1. The van der Waals surface area contributed by atoms with Crippen LogP contribution in [0.2, 0.25) is 0 Å². The Hall–Kier alpha value is -2.65. The number of nitrogens with zero attached hydrogens (tertiary/aromatic N) is 1. The van der Waals surface area contributed by atoms with E-state index in [1.165, 1.54) is 19.4 Å². The van der Waals surface area contributed by atoms with E-state index in [2.05, 4.69) is 16.9 Å². The summed E-state index contributed by atoms with van der Waals surface area (Å²) in [6.45, 7) is 7.91. The highest BCUT2D eigenvalue weighted by atomic mass is 32.2. The Morgan fingerprint density at radius 1 is 1.44 bits per heavy atom.